The first-order chi connectivity index (χ1) is 13.9. The smallest absolute Gasteiger partial charge is 0.362 e. The Kier molecular flexibility index (Phi) is 6.50. The summed E-state index contributed by atoms with van der Waals surface area (Å²) in [7, 11) is -3.11. The number of alkyl halides is 3. The molecule has 1 aliphatic carbocycles. The van der Waals surface area contributed by atoms with Gasteiger partial charge in [-0.05, 0) is 50.3 Å². The number of nitrogens with zero attached hydrogens (tertiary/aromatic N) is 1. The summed E-state index contributed by atoms with van der Waals surface area (Å²) < 4.78 is 78.6. The van der Waals surface area contributed by atoms with Crippen LogP contribution in [0.25, 0.3) is 0 Å². The molecule has 30 heavy (non-hydrogen) atoms. The van der Waals surface area contributed by atoms with Crippen LogP contribution >= 0.6 is 11.6 Å². The molecule has 0 spiro atoms. The lowest BCUT2D eigenvalue weighted by Crippen LogP contribution is -2.31. The average molecular weight is 468 g/mol. The number of nitrogens with one attached hydrogen (secondary N) is 2. The maximum atomic E-state index is 13.6. The zero-order valence-electron chi connectivity index (χ0n) is 16.4. The Bertz CT molecular complexity index is 1020. The fourth-order valence-corrected chi connectivity index (χ4v) is 4.76. The van der Waals surface area contributed by atoms with Gasteiger partial charge in [-0.2, -0.15) is 13.2 Å². The lowest BCUT2D eigenvalue weighted by Gasteiger charge is -2.32. The van der Waals surface area contributed by atoms with Gasteiger partial charge in [-0.25, -0.2) is 18.4 Å². The Labute approximate surface area is 177 Å². The second-order valence-electron chi connectivity index (χ2n) is 7.60. The van der Waals surface area contributed by atoms with E-state index in [2.05, 4.69) is 9.97 Å². The van der Waals surface area contributed by atoms with Crippen LogP contribution in [0.4, 0.5) is 17.6 Å². The van der Waals surface area contributed by atoms with Crippen molar-refractivity contribution in [1.29, 1.82) is 4.78 Å². The van der Waals surface area contributed by atoms with E-state index in [1.807, 2.05) is 0 Å². The van der Waals surface area contributed by atoms with Gasteiger partial charge in [-0.15, -0.1) is 0 Å². The van der Waals surface area contributed by atoms with E-state index in [1.165, 1.54) is 24.5 Å². The minimum absolute atomic E-state index is 0.0387. The third-order valence-corrected chi connectivity index (χ3v) is 6.61. The van der Waals surface area contributed by atoms with Crippen LogP contribution in [0.15, 0.2) is 23.2 Å². The Morgan fingerprint density at radius 2 is 1.93 bits per heavy atom. The summed E-state index contributed by atoms with van der Waals surface area (Å²) in [5.41, 5.74) is 0.877. The molecule has 11 heteroatoms. The predicted molar refractivity (Wildman–Crippen MR) is 105 cm³/mol. The van der Waals surface area contributed by atoms with E-state index >= 15 is 0 Å². The summed E-state index contributed by atoms with van der Waals surface area (Å²) in [6, 6.07) is 3.98. The van der Waals surface area contributed by atoms with E-state index in [4.69, 9.17) is 21.1 Å². The van der Waals surface area contributed by atoms with Crippen molar-refractivity contribution in [2.24, 2.45) is 5.92 Å². The second kappa shape index (κ2) is 8.47. The maximum absolute atomic E-state index is 13.6. The molecule has 0 amide bonds. The van der Waals surface area contributed by atoms with Crippen LogP contribution in [0.1, 0.15) is 48.9 Å². The lowest BCUT2D eigenvalue weighted by molar-refractivity contribution is -0.188. The summed E-state index contributed by atoms with van der Waals surface area (Å²) in [5, 5.41) is -0.0646. The number of imidazole rings is 1. The number of aryl methyl sites for hydroxylation is 1. The van der Waals surface area contributed by atoms with E-state index in [0.717, 1.165) is 0 Å². The van der Waals surface area contributed by atoms with Gasteiger partial charge in [0.05, 0.1) is 26.8 Å². The quantitative estimate of drug-likeness (QED) is 0.547. The topological polar surface area (TPSA) is 78.8 Å². The number of hydrogen-bond acceptors (Lipinski definition) is 4. The van der Waals surface area contributed by atoms with Gasteiger partial charge in [0, 0.05) is 11.9 Å². The monoisotopic (exact) mass is 467 g/mol. The van der Waals surface area contributed by atoms with Crippen molar-refractivity contribution in [2.45, 2.75) is 56.0 Å². The standard InChI is InChI=1S/C19H22ClF4N3O2S/c1-10-18(30(2,25)28)27-17(26-10)16(11-3-8-15(21)14(20)9-11)29-13-6-4-12(5-7-13)19(22,23)24/h3,8-9,12-13,16,25H,4-7H2,1-2H3,(H,26,27)/t12?,13?,16?,30-/m0/s1. The molecular formula is C19H22ClF4N3O2S. The van der Waals surface area contributed by atoms with Crippen LogP contribution in [0, 0.1) is 23.4 Å². The van der Waals surface area contributed by atoms with Crippen LogP contribution in [0.5, 0.6) is 0 Å². The molecule has 5 nitrogen and oxygen atoms in total. The van der Waals surface area contributed by atoms with Crippen LogP contribution < -0.4 is 0 Å². The average Bonchev–Trinajstić information content (AvgIpc) is 3.03. The molecule has 2 N–H and O–H groups in total. The van der Waals surface area contributed by atoms with Crippen LogP contribution in [-0.2, 0) is 14.5 Å². The lowest BCUT2D eigenvalue weighted by atomic mass is 9.87. The van der Waals surface area contributed by atoms with Gasteiger partial charge in [-0.3, -0.25) is 0 Å². The Morgan fingerprint density at radius 3 is 2.43 bits per heavy atom. The van der Waals surface area contributed by atoms with Crippen molar-refractivity contribution in [3.05, 3.63) is 46.1 Å². The molecule has 0 bridgehead atoms. The zero-order chi connectivity index (χ0) is 22.3. The Hall–Kier alpha value is -1.65. The molecule has 1 aromatic carbocycles. The highest BCUT2D eigenvalue weighted by Gasteiger charge is 2.42. The minimum Gasteiger partial charge on any atom is -0.362 e. The highest BCUT2D eigenvalue weighted by atomic mass is 35.5. The molecule has 2 atom stereocenters. The molecule has 0 saturated heterocycles. The summed E-state index contributed by atoms with van der Waals surface area (Å²) in [5.74, 6) is -1.73. The number of rotatable bonds is 5. The van der Waals surface area contributed by atoms with E-state index < -0.39 is 39.8 Å². The van der Waals surface area contributed by atoms with Gasteiger partial charge in [-0.1, -0.05) is 17.7 Å². The number of ether oxygens (including phenoxy) is 1. The number of aromatic nitrogens is 2. The maximum Gasteiger partial charge on any atom is 0.391 e. The van der Waals surface area contributed by atoms with E-state index in [9.17, 15) is 21.8 Å². The van der Waals surface area contributed by atoms with Crippen LogP contribution in [0.2, 0.25) is 5.02 Å². The molecule has 2 aromatic rings. The fourth-order valence-electron chi connectivity index (χ4n) is 3.67. The largest absolute Gasteiger partial charge is 0.391 e. The molecule has 3 rings (SSSR count). The first kappa shape index (κ1) is 23.0. The number of aromatic amines is 1. The van der Waals surface area contributed by atoms with Crippen LogP contribution in [0.3, 0.4) is 0 Å². The predicted octanol–water partition coefficient (Wildman–Crippen LogP) is 5.77. The summed E-state index contributed by atoms with van der Waals surface area (Å²) in [6.07, 6.45) is -3.99. The molecule has 0 aliphatic heterocycles. The van der Waals surface area contributed by atoms with E-state index in [-0.39, 0.29) is 41.6 Å². The molecular weight excluding hydrogens is 446 g/mol. The highest BCUT2D eigenvalue weighted by Crippen LogP contribution is 2.40. The van der Waals surface area contributed by atoms with Crippen molar-refractivity contribution in [3.63, 3.8) is 0 Å². The molecule has 1 fully saturated rings. The SMILES string of the molecule is Cc1[nH]c(C(OC2CCC(C(F)(F)F)CC2)c2ccc(F)c(Cl)c2)nc1[S@@](C)(=N)=O. The molecule has 1 unspecified atom stereocenters. The van der Waals surface area contributed by atoms with Gasteiger partial charge in [0.15, 0.2) is 5.03 Å². The number of halogens is 5. The number of benzene rings is 1. The van der Waals surface area contributed by atoms with E-state index in [1.54, 1.807) is 6.92 Å². The summed E-state index contributed by atoms with van der Waals surface area (Å²) >= 11 is 5.90. The molecule has 1 saturated carbocycles. The fraction of sp³-hybridized carbons (Fsp3) is 0.526. The van der Waals surface area contributed by atoms with Crippen molar-refractivity contribution in [1.82, 2.24) is 9.97 Å². The number of hydrogen-bond donors (Lipinski definition) is 2. The van der Waals surface area contributed by atoms with Gasteiger partial charge in [0.25, 0.3) is 0 Å². The molecule has 1 aromatic heterocycles. The van der Waals surface area contributed by atoms with Gasteiger partial charge in [0.1, 0.15) is 17.7 Å². The Balaban J connectivity index is 1.91. The van der Waals surface area contributed by atoms with Crippen molar-refractivity contribution < 1.29 is 26.5 Å². The van der Waals surface area contributed by atoms with E-state index in [0.29, 0.717) is 11.3 Å². The minimum atomic E-state index is -4.22. The first-order valence-electron chi connectivity index (χ1n) is 9.33. The van der Waals surface area contributed by atoms with Crippen LogP contribution in [-0.4, -0.2) is 32.7 Å². The van der Waals surface area contributed by atoms with Crippen molar-refractivity contribution in [3.8, 4) is 0 Å². The summed E-state index contributed by atoms with van der Waals surface area (Å²) in [4.78, 5) is 7.22. The van der Waals surface area contributed by atoms with Gasteiger partial charge < -0.3 is 9.72 Å². The third-order valence-electron chi connectivity index (χ3n) is 5.19. The normalized spacial score (nSPS) is 23.2. The first-order valence-corrected chi connectivity index (χ1v) is 11.7. The summed E-state index contributed by atoms with van der Waals surface area (Å²) in [6.45, 7) is 1.62. The second-order valence-corrected chi connectivity index (χ2v) is 10.1. The van der Waals surface area contributed by atoms with Gasteiger partial charge in [0.2, 0.25) is 0 Å². The molecule has 1 heterocycles. The van der Waals surface area contributed by atoms with Gasteiger partial charge >= 0.3 is 6.18 Å². The van der Waals surface area contributed by atoms with Crippen molar-refractivity contribution in [2.75, 3.05) is 6.26 Å². The number of H-pyrrole nitrogens is 1. The molecule has 166 valence electrons. The zero-order valence-corrected chi connectivity index (χ0v) is 17.9. The van der Waals surface area contributed by atoms with Crippen molar-refractivity contribution >= 4 is 21.3 Å². The third kappa shape index (κ3) is 5.15. The molecule has 0 radical (unpaired) electrons. The molecule has 1 aliphatic rings. The highest BCUT2D eigenvalue weighted by molar-refractivity contribution is 7.91. The Morgan fingerprint density at radius 1 is 1.30 bits per heavy atom.